The third kappa shape index (κ3) is 4.83. The lowest BCUT2D eigenvalue weighted by atomic mass is 10.1. The molecule has 0 bridgehead atoms. The van der Waals surface area contributed by atoms with Crippen LogP contribution in [0, 0.1) is 6.92 Å². The number of benzene rings is 1. The average molecular weight is 279 g/mol. The van der Waals surface area contributed by atoms with Crippen molar-refractivity contribution in [1.29, 1.82) is 0 Å². The lowest BCUT2D eigenvalue weighted by Crippen LogP contribution is -2.23. The Morgan fingerprint density at radius 2 is 2.37 bits per heavy atom. The molecule has 1 saturated heterocycles. The predicted octanol–water partition coefficient (Wildman–Crippen LogP) is 3.56. The van der Waals surface area contributed by atoms with E-state index < -0.39 is 0 Å². The van der Waals surface area contributed by atoms with Crippen LogP contribution < -0.4 is 5.32 Å². The highest BCUT2D eigenvalue weighted by Gasteiger charge is 2.17. The van der Waals surface area contributed by atoms with E-state index in [9.17, 15) is 0 Å². The van der Waals surface area contributed by atoms with Gasteiger partial charge in [0.2, 0.25) is 0 Å². The maximum atomic E-state index is 5.68. The SMILES string of the molecule is CCNC(CSCC1CCCO1)c1cccc(C)c1. The van der Waals surface area contributed by atoms with Crippen molar-refractivity contribution in [2.45, 2.75) is 38.8 Å². The molecule has 1 aromatic carbocycles. The van der Waals surface area contributed by atoms with Crippen LogP contribution in [0.4, 0.5) is 0 Å². The van der Waals surface area contributed by atoms with E-state index in [0.29, 0.717) is 12.1 Å². The van der Waals surface area contributed by atoms with E-state index in [0.717, 1.165) is 24.7 Å². The molecule has 3 heteroatoms. The Bertz CT molecular complexity index is 377. The first-order valence-electron chi connectivity index (χ1n) is 7.29. The molecule has 0 amide bonds. The van der Waals surface area contributed by atoms with Crippen molar-refractivity contribution in [2.24, 2.45) is 0 Å². The second-order valence-electron chi connectivity index (χ2n) is 5.20. The number of thioether (sulfide) groups is 1. The summed E-state index contributed by atoms with van der Waals surface area (Å²) in [7, 11) is 0. The third-order valence-electron chi connectivity index (χ3n) is 3.51. The fraction of sp³-hybridized carbons (Fsp3) is 0.625. The van der Waals surface area contributed by atoms with Crippen molar-refractivity contribution in [2.75, 3.05) is 24.7 Å². The van der Waals surface area contributed by atoms with Gasteiger partial charge in [0.1, 0.15) is 0 Å². The van der Waals surface area contributed by atoms with Crippen molar-refractivity contribution >= 4 is 11.8 Å². The van der Waals surface area contributed by atoms with Crippen LogP contribution in [0.15, 0.2) is 24.3 Å². The molecule has 2 rings (SSSR count). The third-order valence-corrected chi connectivity index (χ3v) is 4.68. The Kier molecular flexibility index (Phi) is 6.21. The van der Waals surface area contributed by atoms with Gasteiger partial charge in [-0.15, -0.1) is 0 Å². The summed E-state index contributed by atoms with van der Waals surface area (Å²) < 4.78 is 5.68. The van der Waals surface area contributed by atoms with Crippen LogP contribution in [-0.2, 0) is 4.74 Å². The molecule has 0 aromatic heterocycles. The number of ether oxygens (including phenoxy) is 1. The van der Waals surface area contributed by atoms with E-state index in [1.165, 1.54) is 24.0 Å². The molecule has 0 saturated carbocycles. The van der Waals surface area contributed by atoms with Gasteiger partial charge in [-0.1, -0.05) is 36.8 Å². The molecule has 2 atom stereocenters. The van der Waals surface area contributed by atoms with Crippen LogP contribution in [-0.4, -0.2) is 30.8 Å². The molecule has 2 nitrogen and oxygen atoms in total. The molecule has 1 aromatic rings. The number of aryl methyl sites for hydroxylation is 1. The Morgan fingerprint density at radius 1 is 1.47 bits per heavy atom. The Labute approximate surface area is 121 Å². The van der Waals surface area contributed by atoms with E-state index in [4.69, 9.17) is 4.74 Å². The summed E-state index contributed by atoms with van der Waals surface area (Å²) in [5.74, 6) is 2.25. The number of hydrogen-bond acceptors (Lipinski definition) is 3. The Hall–Kier alpha value is -0.510. The topological polar surface area (TPSA) is 21.3 Å². The van der Waals surface area contributed by atoms with Crippen molar-refractivity contribution in [3.8, 4) is 0 Å². The number of rotatable bonds is 7. The summed E-state index contributed by atoms with van der Waals surface area (Å²) in [4.78, 5) is 0. The largest absolute Gasteiger partial charge is 0.377 e. The molecular formula is C16H25NOS. The molecule has 0 radical (unpaired) electrons. The zero-order valence-corrected chi connectivity index (χ0v) is 12.8. The van der Waals surface area contributed by atoms with Crippen LogP contribution >= 0.6 is 11.8 Å². The zero-order chi connectivity index (χ0) is 13.5. The molecule has 1 N–H and O–H groups in total. The average Bonchev–Trinajstić information content (AvgIpc) is 2.91. The Morgan fingerprint density at radius 3 is 3.05 bits per heavy atom. The predicted molar refractivity (Wildman–Crippen MR) is 83.9 cm³/mol. The van der Waals surface area contributed by atoms with Crippen LogP contribution in [0.5, 0.6) is 0 Å². The normalized spacial score (nSPS) is 20.6. The van der Waals surface area contributed by atoms with Crippen LogP contribution in [0.25, 0.3) is 0 Å². The minimum Gasteiger partial charge on any atom is -0.377 e. The fourth-order valence-corrected chi connectivity index (χ4v) is 3.71. The first kappa shape index (κ1) is 14.9. The first-order chi connectivity index (χ1) is 9.29. The summed E-state index contributed by atoms with van der Waals surface area (Å²) in [5.41, 5.74) is 2.74. The maximum absolute atomic E-state index is 5.68. The van der Waals surface area contributed by atoms with Gasteiger partial charge in [-0.25, -0.2) is 0 Å². The van der Waals surface area contributed by atoms with Gasteiger partial charge in [0.25, 0.3) is 0 Å². The molecule has 1 fully saturated rings. The van der Waals surface area contributed by atoms with Crippen molar-refractivity contribution in [3.05, 3.63) is 35.4 Å². The highest BCUT2D eigenvalue weighted by Crippen LogP contribution is 2.23. The summed E-state index contributed by atoms with van der Waals surface area (Å²) >= 11 is 2.01. The summed E-state index contributed by atoms with van der Waals surface area (Å²) in [6, 6.07) is 9.29. The fourth-order valence-electron chi connectivity index (χ4n) is 2.50. The molecule has 106 valence electrons. The Balaban J connectivity index is 1.84. The van der Waals surface area contributed by atoms with Gasteiger partial charge in [-0.2, -0.15) is 11.8 Å². The molecule has 1 aliphatic rings. The van der Waals surface area contributed by atoms with Crippen LogP contribution in [0.3, 0.4) is 0 Å². The van der Waals surface area contributed by atoms with E-state index in [-0.39, 0.29) is 0 Å². The smallest absolute Gasteiger partial charge is 0.0666 e. The van der Waals surface area contributed by atoms with Gasteiger partial charge >= 0.3 is 0 Å². The van der Waals surface area contributed by atoms with Crippen LogP contribution in [0.2, 0.25) is 0 Å². The van der Waals surface area contributed by atoms with Gasteiger partial charge in [0.15, 0.2) is 0 Å². The lowest BCUT2D eigenvalue weighted by Gasteiger charge is -2.19. The minimum atomic E-state index is 0.455. The van der Waals surface area contributed by atoms with E-state index in [1.807, 2.05) is 11.8 Å². The highest BCUT2D eigenvalue weighted by atomic mass is 32.2. The van der Waals surface area contributed by atoms with Gasteiger partial charge < -0.3 is 10.1 Å². The van der Waals surface area contributed by atoms with Crippen LogP contribution in [0.1, 0.15) is 36.9 Å². The highest BCUT2D eigenvalue weighted by molar-refractivity contribution is 7.99. The molecular weight excluding hydrogens is 254 g/mol. The molecule has 19 heavy (non-hydrogen) atoms. The molecule has 0 aliphatic carbocycles. The monoisotopic (exact) mass is 279 g/mol. The maximum Gasteiger partial charge on any atom is 0.0666 e. The summed E-state index contributed by atoms with van der Waals surface area (Å²) in [6.45, 7) is 6.30. The zero-order valence-electron chi connectivity index (χ0n) is 12.0. The quantitative estimate of drug-likeness (QED) is 0.824. The van der Waals surface area contributed by atoms with Crippen molar-refractivity contribution < 1.29 is 4.74 Å². The van der Waals surface area contributed by atoms with Gasteiger partial charge in [-0.3, -0.25) is 0 Å². The standard InChI is InChI=1S/C16H25NOS/c1-3-17-16(14-7-4-6-13(2)10-14)12-19-11-15-8-5-9-18-15/h4,6-7,10,15-17H,3,5,8-9,11-12H2,1-2H3. The van der Waals surface area contributed by atoms with E-state index in [1.54, 1.807) is 0 Å². The van der Waals surface area contributed by atoms with Gasteiger partial charge in [0, 0.05) is 24.2 Å². The first-order valence-corrected chi connectivity index (χ1v) is 8.44. The van der Waals surface area contributed by atoms with Gasteiger partial charge in [-0.05, 0) is 31.9 Å². The van der Waals surface area contributed by atoms with E-state index >= 15 is 0 Å². The van der Waals surface area contributed by atoms with Crippen molar-refractivity contribution in [1.82, 2.24) is 5.32 Å². The second kappa shape index (κ2) is 7.93. The van der Waals surface area contributed by atoms with Crippen molar-refractivity contribution in [3.63, 3.8) is 0 Å². The second-order valence-corrected chi connectivity index (χ2v) is 6.27. The molecule has 1 aliphatic heterocycles. The van der Waals surface area contributed by atoms with E-state index in [2.05, 4.69) is 43.4 Å². The summed E-state index contributed by atoms with van der Waals surface area (Å²) in [5, 5.41) is 3.59. The minimum absolute atomic E-state index is 0.455. The summed E-state index contributed by atoms with van der Waals surface area (Å²) in [6.07, 6.45) is 2.97. The molecule has 1 heterocycles. The molecule has 2 unspecified atom stereocenters. The molecule has 0 spiro atoms. The number of nitrogens with one attached hydrogen (secondary N) is 1. The van der Waals surface area contributed by atoms with Gasteiger partial charge in [0.05, 0.1) is 6.10 Å². The lowest BCUT2D eigenvalue weighted by molar-refractivity contribution is 0.129. The number of hydrogen-bond donors (Lipinski definition) is 1.